The van der Waals surface area contributed by atoms with Gasteiger partial charge in [0.05, 0.1) is 11.1 Å². The molecule has 0 bridgehead atoms. The largest absolute Gasteiger partial charge is 0.478 e. The summed E-state index contributed by atoms with van der Waals surface area (Å²) in [5, 5.41) is 17.8. The third-order valence-corrected chi connectivity index (χ3v) is 2.96. The summed E-state index contributed by atoms with van der Waals surface area (Å²) >= 11 is 0. The van der Waals surface area contributed by atoms with Gasteiger partial charge in [0.25, 0.3) is 0 Å². The van der Waals surface area contributed by atoms with Gasteiger partial charge in [-0.05, 0) is 18.2 Å². The Kier molecular flexibility index (Phi) is 2.10. The molecule has 2 aliphatic rings. The van der Waals surface area contributed by atoms with E-state index < -0.39 is 11.9 Å². The van der Waals surface area contributed by atoms with Crippen molar-refractivity contribution in [1.82, 2.24) is 9.29 Å². The smallest absolute Gasteiger partial charge is 0.396 e. The highest BCUT2D eigenvalue weighted by atomic mass is 16.4. The zero-order valence-electron chi connectivity index (χ0n) is 9.20. The van der Waals surface area contributed by atoms with E-state index in [2.05, 4.69) is 0 Å². The Morgan fingerprint density at radius 3 is 2.67 bits per heavy atom. The van der Waals surface area contributed by atoms with E-state index in [-0.39, 0.29) is 5.56 Å². The SMILES string of the molecule is O=C(O)C1=CC2=Cc3cc(C(=O)O)cn3[B]N2C1. The molecule has 0 saturated carbocycles. The molecule has 0 aliphatic carbocycles. The van der Waals surface area contributed by atoms with Crippen LogP contribution < -0.4 is 0 Å². The van der Waals surface area contributed by atoms with Gasteiger partial charge in [0.2, 0.25) is 0 Å². The van der Waals surface area contributed by atoms with E-state index in [9.17, 15) is 9.59 Å². The molecular formula is C11H8BN2O4. The summed E-state index contributed by atoms with van der Waals surface area (Å²) in [6.45, 7) is 0.293. The topological polar surface area (TPSA) is 82.8 Å². The lowest BCUT2D eigenvalue weighted by molar-refractivity contribution is -0.132. The third kappa shape index (κ3) is 1.52. The molecule has 0 atom stereocenters. The highest BCUT2D eigenvalue weighted by Crippen LogP contribution is 2.26. The number of allylic oxidation sites excluding steroid dienone is 1. The van der Waals surface area contributed by atoms with Crippen LogP contribution in [0.1, 0.15) is 16.1 Å². The molecule has 3 rings (SSSR count). The van der Waals surface area contributed by atoms with E-state index in [4.69, 9.17) is 10.2 Å². The van der Waals surface area contributed by atoms with Crippen LogP contribution in [0, 0.1) is 0 Å². The second kappa shape index (κ2) is 3.53. The van der Waals surface area contributed by atoms with Gasteiger partial charge in [-0.15, -0.1) is 0 Å². The molecule has 1 radical (unpaired) electrons. The highest BCUT2D eigenvalue weighted by Gasteiger charge is 2.28. The maximum atomic E-state index is 10.9. The van der Waals surface area contributed by atoms with Gasteiger partial charge in [-0.1, -0.05) is 0 Å². The number of hydrogen-bond acceptors (Lipinski definition) is 3. The third-order valence-electron chi connectivity index (χ3n) is 2.96. The Labute approximate surface area is 103 Å². The van der Waals surface area contributed by atoms with E-state index in [1.807, 2.05) is 0 Å². The van der Waals surface area contributed by atoms with E-state index in [1.54, 1.807) is 35.1 Å². The Balaban J connectivity index is 1.99. The van der Waals surface area contributed by atoms with Gasteiger partial charge in [0.1, 0.15) is 0 Å². The van der Waals surface area contributed by atoms with Crippen molar-refractivity contribution in [3.63, 3.8) is 0 Å². The molecule has 7 heteroatoms. The predicted octanol–water partition coefficient (Wildman–Crippen LogP) is 0.250. The van der Waals surface area contributed by atoms with Gasteiger partial charge >= 0.3 is 19.5 Å². The zero-order valence-corrected chi connectivity index (χ0v) is 9.20. The Morgan fingerprint density at radius 2 is 2.00 bits per heavy atom. The van der Waals surface area contributed by atoms with Crippen LogP contribution in [0.5, 0.6) is 0 Å². The number of aliphatic carboxylic acids is 1. The molecule has 2 aliphatic heterocycles. The molecule has 89 valence electrons. The van der Waals surface area contributed by atoms with Gasteiger partial charge in [0.15, 0.2) is 0 Å². The van der Waals surface area contributed by atoms with Crippen LogP contribution in [-0.2, 0) is 4.79 Å². The summed E-state index contributed by atoms with van der Waals surface area (Å²) in [6.07, 6.45) is 4.86. The van der Waals surface area contributed by atoms with Crippen molar-refractivity contribution in [1.29, 1.82) is 0 Å². The molecule has 0 fully saturated rings. The van der Waals surface area contributed by atoms with Crippen molar-refractivity contribution >= 4 is 25.6 Å². The number of aromatic carboxylic acids is 1. The number of rotatable bonds is 2. The average molecular weight is 243 g/mol. The summed E-state index contributed by atoms with van der Waals surface area (Å²) in [5.74, 6) is -1.92. The standard InChI is InChI=1S/C11H8BN2O4/c15-10(16)6-1-8-3-9-2-7(11(17)18)5-14(9)12-13(8)4-6/h1-4H,5H2,(H,15,16)(H,17,18). The maximum Gasteiger partial charge on any atom is 0.396 e. The molecule has 3 heterocycles. The molecule has 1 aromatic rings. The molecule has 0 aromatic carbocycles. The molecule has 2 N–H and O–H groups in total. The second-order valence-corrected chi connectivity index (χ2v) is 4.15. The Hall–Kier alpha value is -2.44. The number of carboxylic acid groups (broad SMARTS) is 2. The first kappa shape index (κ1) is 10.7. The fourth-order valence-electron chi connectivity index (χ4n) is 2.07. The minimum Gasteiger partial charge on any atom is -0.478 e. The molecule has 6 nitrogen and oxygen atoms in total. The van der Waals surface area contributed by atoms with Crippen LogP contribution in [0.4, 0.5) is 0 Å². The lowest BCUT2D eigenvalue weighted by atomic mass is 10.0. The van der Waals surface area contributed by atoms with Crippen LogP contribution in [-0.4, -0.2) is 45.5 Å². The van der Waals surface area contributed by atoms with Gasteiger partial charge < -0.3 is 19.5 Å². The highest BCUT2D eigenvalue weighted by molar-refractivity contribution is 6.33. The normalized spacial score (nSPS) is 16.3. The molecule has 0 saturated heterocycles. The number of carbonyl (C=O) groups is 2. The summed E-state index contributed by atoms with van der Waals surface area (Å²) in [4.78, 5) is 23.5. The minimum atomic E-state index is -0.981. The van der Waals surface area contributed by atoms with Crippen LogP contribution in [0.2, 0.25) is 0 Å². The second-order valence-electron chi connectivity index (χ2n) is 4.15. The number of fused-ring (bicyclic) bond motifs is 2. The first-order valence-electron chi connectivity index (χ1n) is 5.27. The maximum absolute atomic E-state index is 10.9. The number of hydrogen-bond donors (Lipinski definition) is 2. The number of nitrogens with zero attached hydrogens (tertiary/aromatic N) is 2. The lowest BCUT2D eigenvalue weighted by Gasteiger charge is -2.24. The van der Waals surface area contributed by atoms with Gasteiger partial charge in [-0.2, -0.15) is 0 Å². The summed E-state index contributed by atoms with van der Waals surface area (Å²) in [5.41, 5.74) is 2.01. The fraction of sp³-hybridized carbons (Fsp3) is 0.0909. The molecule has 0 spiro atoms. The predicted molar refractivity (Wildman–Crippen MR) is 62.9 cm³/mol. The van der Waals surface area contributed by atoms with Crippen molar-refractivity contribution in [2.45, 2.75) is 0 Å². The van der Waals surface area contributed by atoms with Crippen molar-refractivity contribution in [3.05, 3.63) is 40.9 Å². The van der Waals surface area contributed by atoms with E-state index in [1.165, 1.54) is 6.20 Å². The average Bonchev–Trinajstić information content (AvgIpc) is 2.87. The minimum absolute atomic E-state index is 0.210. The zero-order chi connectivity index (χ0) is 12.9. The fourth-order valence-corrected chi connectivity index (χ4v) is 2.07. The van der Waals surface area contributed by atoms with Gasteiger partial charge in [0, 0.05) is 24.1 Å². The first-order chi connectivity index (χ1) is 8.54. The van der Waals surface area contributed by atoms with Crippen LogP contribution in [0.3, 0.4) is 0 Å². The molecule has 18 heavy (non-hydrogen) atoms. The van der Waals surface area contributed by atoms with Crippen molar-refractivity contribution in [2.75, 3.05) is 6.54 Å². The van der Waals surface area contributed by atoms with Crippen molar-refractivity contribution in [2.24, 2.45) is 0 Å². The van der Waals surface area contributed by atoms with Crippen molar-refractivity contribution < 1.29 is 19.8 Å². The summed E-state index contributed by atoms with van der Waals surface area (Å²) < 4.78 is 1.67. The van der Waals surface area contributed by atoms with Crippen LogP contribution in [0.25, 0.3) is 6.08 Å². The molecule has 0 amide bonds. The Morgan fingerprint density at radius 1 is 1.22 bits per heavy atom. The Bertz CT molecular complexity index is 629. The number of aromatic nitrogens is 1. The van der Waals surface area contributed by atoms with E-state index in [0.29, 0.717) is 12.1 Å². The summed E-state index contributed by atoms with van der Waals surface area (Å²) in [7, 11) is 1.70. The lowest BCUT2D eigenvalue weighted by Crippen LogP contribution is -2.33. The van der Waals surface area contributed by atoms with E-state index in [0.717, 1.165) is 11.4 Å². The van der Waals surface area contributed by atoms with Crippen molar-refractivity contribution in [3.8, 4) is 0 Å². The van der Waals surface area contributed by atoms with Gasteiger partial charge in [-0.3, -0.25) is 0 Å². The first-order valence-corrected chi connectivity index (χ1v) is 5.27. The monoisotopic (exact) mass is 243 g/mol. The van der Waals surface area contributed by atoms with Gasteiger partial charge in [-0.25, -0.2) is 9.59 Å². The molecular weight excluding hydrogens is 235 g/mol. The molecule has 1 aromatic heterocycles. The summed E-state index contributed by atoms with van der Waals surface area (Å²) in [6, 6.07) is 1.55. The quantitative estimate of drug-likeness (QED) is 0.727. The number of carboxylic acids is 2. The molecule has 0 unspecified atom stereocenters. The van der Waals surface area contributed by atoms with Crippen LogP contribution in [0.15, 0.2) is 29.6 Å². The van der Waals surface area contributed by atoms with Crippen LogP contribution >= 0.6 is 0 Å². The van der Waals surface area contributed by atoms with E-state index >= 15 is 0 Å².